The van der Waals surface area contributed by atoms with Crippen LogP contribution in [0.15, 0.2) is 11.0 Å². The minimum absolute atomic E-state index is 0.233. The number of quaternary nitrogens is 1. The van der Waals surface area contributed by atoms with Crippen molar-refractivity contribution in [2.24, 2.45) is 7.05 Å². The zero-order valence-electron chi connectivity index (χ0n) is 8.61. The molecule has 2 rings (SSSR count). The highest BCUT2D eigenvalue weighted by molar-refractivity contribution is 6.33. The fourth-order valence-electron chi connectivity index (χ4n) is 1.71. The summed E-state index contributed by atoms with van der Waals surface area (Å²) in [6.45, 7) is 3.89. The summed E-state index contributed by atoms with van der Waals surface area (Å²) in [7, 11) is 1.60. The topological polar surface area (TPSA) is 54.7 Å². The lowest BCUT2D eigenvalue weighted by atomic mass is 10.3. The highest BCUT2D eigenvalue weighted by atomic mass is 35.5. The van der Waals surface area contributed by atoms with E-state index in [2.05, 4.69) is 15.3 Å². The van der Waals surface area contributed by atoms with E-state index in [0.717, 1.165) is 31.9 Å². The number of anilines is 1. The van der Waals surface area contributed by atoms with Crippen LogP contribution >= 0.6 is 11.6 Å². The smallest absolute Gasteiger partial charge is 0.287 e. The fraction of sp³-hybridized carbons (Fsp3) is 0.556. The van der Waals surface area contributed by atoms with Gasteiger partial charge in [0.15, 0.2) is 0 Å². The maximum atomic E-state index is 11.6. The van der Waals surface area contributed by atoms with Gasteiger partial charge in [0.25, 0.3) is 5.56 Å². The summed E-state index contributed by atoms with van der Waals surface area (Å²) in [6.07, 6.45) is 1.66. The lowest BCUT2D eigenvalue weighted by Gasteiger charge is -2.27. The van der Waals surface area contributed by atoms with Gasteiger partial charge in [0.1, 0.15) is 5.02 Å². The Kier molecular flexibility index (Phi) is 2.93. The summed E-state index contributed by atoms with van der Waals surface area (Å²) in [5.74, 6) is 0. The highest BCUT2D eigenvalue weighted by Crippen LogP contribution is 2.20. The van der Waals surface area contributed by atoms with Crippen molar-refractivity contribution in [1.82, 2.24) is 9.78 Å². The first-order chi connectivity index (χ1) is 7.20. The first kappa shape index (κ1) is 10.4. The fourth-order valence-corrected chi connectivity index (χ4v) is 2.00. The zero-order valence-corrected chi connectivity index (χ0v) is 9.37. The molecule has 0 aliphatic carbocycles. The Balaban J connectivity index is 2.35. The molecule has 6 heteroatoms. The van der Waals surface area contributed by atoms with Gasteiger partial charge in [-0.25, -0.2) is 4.68 Å². The standard InChI is InChI=1S/C9H13ClN4O/c1-13-9(15)8(10)7(6-12-13)14-4-2-11-3-5-14/h6,11H,2-5H2,1H3/p+1. The van der Waals surface area contributed by atoms with Gasteiger partial charge in [-0.15, -0.1) is 0 Å². The van der Waals surface area contributed by atoms with Gasteiger partial charge < -0.3 is 10.2 Å². The molecule has 2 heterocycles. The molecule has 0 amide bonds. The number of aromatic nitrogens is 2. The molecule has 15 heavy (non-hydrogen) atoms. The first-order valence-corrected chi connectivity index (χ1v) is 5.36. The third-order valence-corrected chi connectivity index (χ3v) is 2.96. The summed E-state index contributed by atoms with van der Waals surface area (Å²) >= 11 is 6.01. The maximum absolute atomic E-state index is 11.6. The van der Waals surface area contributed by atoms with Crippen molar-refractivity contribution in [3.63, 3.8) is 0 Å². The molecule has 1 aromatic rings. The quantitative estimate of drug-likeness (QED) is 0.660. The van der Waals surface area contributed by atoms with E-state index in [1.54, 1.807) is 13.2 Å². The van der Waals surface area contributed by atoms with E-state index in [0.29, 0.717) is 0 Å². The number of nitrogens with two attached hydrogens (primary N) is 1. The number of piperazine rings is 1. The second-order valence-corrected chi connectivity index (χ2v) is 4.00. The Morgan fingerprint density at radius 1 is 1.47 bits per heavy atom. The Morgan fingerprint density at radius 2 is 2.13 bits per heavy atom. The minimum Gasteiger partial charge on any atom is -0.358 e. The SMILES string of the molecule is Cn1ncc(N2CC[NH2+]CC2)c(Cl)c1=O. The second kappa shape index (κ2) is 4.20. The van der Waals surface area contributed by atoms with Crippen molar-refractivity contribution in [3.05, 3.63) is 21.6 Å². The van der Waals surface area contributed by atoms with Crippen molar-refractivity contribution in [3.8, 4) is 0 Å². The van der Waals surface area contributed by atoms with Crippen LogP contribution in [0.4, 0.5) is 5.69 Å². The molecule has 0 saturated carbocycles. The Hall–Kier alpha value is -1.07. The zero-order chi connectivity index (χ0) is 10.8. The number of hydrogen-bond acceptors (Lipinski definition) is 3. The van der Waals surface area contributed by atoms with E-state index in [9.17, 15) is 4.79 Å². The molecule has 2 N–H and O–H groups in total. The Morgan fingerprint density at radius 3 is 2.80 bits per heavy atom. The van der Waals surface area contributed by atoms with Crippen molar-refractivity contribution in [2.75, 3.05) is 31.1 Å². The Bertz CT molecular complexity index is 411. The molecule has 82 valence electrons. The van der Waals surface area contributed by atoms with Crippen LogP contribution in [-0.2, 0) is 7.05 Å². The molecule has 5 nitrogen and oxygen atoms in total. The van der Waals surface area contributed by atoms with Gasteiger partial charge in [-0.2, -0.15) is 5.10 Å². The molecule has 1 aliphatic heterocycles. The van der Waals surface area contributed by atoms with Gasteiger partial charge >= 0.3 is 0 Å². The van der Waals surface area contributed by atoms with Gasteiger partial charge in [0.05, 0.1) is 38.1 Å². The van der Waals surface area contributed by atoms with Gasteiger partial charge in [-0.1, -0.05) is 11.6 Å². The van der Waals surface area contributed by atoms with E-state index >= 15 is 0 Å². The summed E-state index contributed by atoms with van der Waals surface area (Å²) in [5.41, 5.74) is 0.525. The molecule has 0 aromatic carbocycles. The number of halogens is 1. The van der Waals surface area contributed by atoms with Crippen molar-refractivity contribution in [2.45, 2.75) is 0 Å². The molecule has 0 atom stereocenters. The molecule has 1 fully saturated rings. The van der Waals surface area contributed by atoms with Crippen molar-refractivity contribution >= 4 is 17.3 Å². The molecular formula is C9H14ClN4O+. The molecular weight excluding hydrogens is 216 g/mol. The molecule has 0 bridgehead atoms. The van der Waals surface area contributed by atoms with Crippen LogP contribution in [0.2, 0.25) is 5.02 Å². The van der Waals surface area contributed by atoms with E-state index in [1.165, 1.54) is 4.68 Å². The summed E-state index contributed by atoms with van der Waals surface area (Å²) in [4.78, 5) is 13.7. The molecule has 1 aliphatic rings. The average Bonchev–Trinajstić information content (AvgIpc) is 2.27. The molecule has 1 aromatic heterocycles. The van der Waals surface area contributed by atoms with Gasteiger partial charge in [-0.05, 0) is 0 Å². The summed E-state index contributed by atoms with van der Waals surface area (Å²) < 4.78 is 1.25. The van der Waals surface area contributed by atoms with Crippen LogP contribution in [0, 0.1) is 0 Å². The molecule has 0 unspecified atom stereocenters. The first-order valence-electron chi connectivity index (χ1n) is 4.98. The molecule has 0 spiro atoms. The molecule has 1 saturated heterocycles. The van der Waals surface area contributed by atoms with Crippen LogP contribution in [0.3, 0.4) is 0 Å². The van der Waals surface area contributed by atoms with Crippen LogP contribution in [-0.4, -0.2) is 36.0 Å². The Labute approximate surface area is 92.6 Å². The summed E-state index contributed by atoms with van der Waals surface area (Å²) in [6, 6.07) is 0. The average molecular weight is 230 g/mol. The number of nitrogens with zero attached hydrogens (tertiary/aromatic N) is 3. The van der Waals surface area contributed by atoms with E-state index in [4.69, 9.17) is 11.6 Å². The predicted octanol–water partition coefficient (Wildman–Crippen LogP) is -1.18. The second-order valence-electron chi connectivity index (χ2n) is 3.63. The monoisotopic (exact) mass is 229 g/mol. The van der Waals surface area contributed by atoms with E-state index < -0.39 is 0 Å². The number of hydrogen-bond donors (Lipinski definition) is 1. The lowest BCUT2D eigenvalue weighted by Crippen LogP contribution is -2.89. The number of aryl methyl sites for hydroxylation is 1. The van der Waals surface area contributed by atoms with Crippen molar-refractivity contribution < 1.29 is 5.32 Å². The van der Waals surface area contributed by atoms with E-state index in [1.807, 2.05) is 0 Å². The highest BCUT2D eigenvalue weighted by Gasteiger charge is 2.17. The van der Waals surface area contributed by atoms with Gasteiger partial charge in [0.2, 0.25) is 0 Å². The van der Waals surface area contributed by atoms with Crippen LogP contribution in [0.1, 0.15) is 0 Å². The van der Waals surface area contributed by atoms with Crippen molar-refractivity contribution in [1.29, 1.82) is 0 Å². The van der Waals surface area contributed by atoms with E-state index in [-0.39, 0.29) is 10.6 Å². The normalized spacial score (nSPS) is 16.8. The third-order valence-electron chi connectivity index (χ3n) is 2.61. The summed E-state index contributed by atoms with van der Waals surface area (Å²) in [5, 5.41) is 6.50. The van der Waals surface area contributed by atoms with Crippen LogP contribution in [0.5, 0.6) is 0 Å². The predicted molar refractivity (Wildman–Crippen MR) is 58.4 cm³/mol. The lowest BCUT2D eigenvalue weighted by molar-refractivity contribution is -0.655. The molecule has 0 radical (unpaired) electrons. The number of rotatable bonds is 1. The van der Waals surface area contributed by atoms with Crippen LogP contribution < -0.4 is 15.8 Å². The third kappa shape index (κ3) is 1.98. The largest absolute Gasteiger partial charge is 0.358 e. The minimum atomic E-state index is -0.233. The van der Waals surface area contributed by atoms with Crippen LogP contribution in [0.25, 0.3) is 0 Å². The van der Waals surface area contributed by atoms with Gasteiger partial charge in [0, 0.05) is 7.05 Å². The maximum Gasteiger partial charge on any atom is 0.287 e. The van der Waals surface area contributed by atoms with Gasteiger partial charge in [-0.3, -0.25) is 4.79 Å².